The molecular formula is C35H36N4O6S2. The van der Waals surface area contributed by atoms with Crippen molar-refractivity contribution in [3.63, 3.8) is 0 Å². The smallest absolute Gasteiger partial charge is 0.294 e. The van der Waals surface area contributed by atoms with Crippen LogP contribution in [-0.2, 0) is 33.3 Å². The van der Waals surface area contributed by atoms with E-state index in [0.717, 1.165) is 27.9 Å². The molecule has 0 saturated carbocycles. The van der Waals surface area contributed by atoms with Crippen molar-refractivity contribution in [1.29, 1.82) is 0 Å². The quantitative estimate of drug-likeness (QED) is 0.0524. The minimum Gasteiger partial charge on any atom is -0.398 e. The highest BCUT2D eigenvalue weighted by molar-refractivity contribution is 7.86. The van der Waals surface area contributed by atoms with Crippen LogP contribution in [0.5, 0.6) is 0 Å². The molecule has 0 aromatic heterocycles. The highest BCUT2D eigenvalue weighted by Crippen LogP contribution is 2.42. The Morgan fingerprint density at radius 3 is 1.57 bits per heavy atom. The summed E-state index contributed by atoms with van der Waals surface area (Å²) in [5, 5.41) is 6.63. The first kappa shape index (κ1) is 33.5. The molecule has 0 saturated heterocycles. The van der Waals surface area contributed by atoms with Crippen molar-refractivity contribution < 1.29 is 25.9 Å². The molecule has 0 aliphatic heterocycles. The van der Waals surface area contributed by atoms with E-state index in [9.17, 15) is 25.9 Å². The Labute approximate surface area is 275 Å². The van der Waals surface area contributed by atoms with Gasteiger partial charge in [0.1, 0.15) is 0 Å². The van der Waals surface area contributed by atoms with Gasteiger partial charge in [0.05, 0.1) is 9.79 Å². The van der Waals surface area contributed by atoms with Crippen molar-refractivity contribution in [3.05, 3.63) is 142 Å². The molecule has 0 aliphatic carbocycles. The minimum atomic E-state index is -4.43. The summed E-state index contributed by atoms with van der Waals surface area (Å²) in [5.41, 5.74) is 21.2. The lowest BCUT2D eigenvalue weighted by Gasteiger charge is -2.26. The first-order valence-electron chi connectivity index (χ1n) is 14.7. The molecule has 0 bridgehead atoms. The third kappa shape index (κ3) is 7.92. The van der Waals surface area contributed by atoms with Gasteiger partial charge in [-0.2, -0.15) is 16.8 Å². The van der Waals surface area contributed by atoms with Crippen LogP contribution in [0.2, 0.25) is 0 Å². The number of nitrogens with two attached hydrogens (primary N) is 2. The molecule has 8 N–H and O–H groups in total. The van der Waals surface area contributed by atoms with Crippen LogP contribution in [0.15, 0.2) is 113 Å². The molecule has 0 heterocycles. The van der Waals surface area contributed by atoms with E-state index in [-0.39, 0.29) is 16.3 Å². The minimum absolute atomic E-state index is 0.195. The van der Waals surface area contributed by atoms with Gasteiger partial charge in [0.15, 0.2) is 0 Å². The van der Waals surface area contributed by atoms with Crippen molar-refractivity contribution >= 4 is 43.0 Å². The molecule has 1 unspecified atom stereocenters. The Morgan fingerprint density at radius 2 is 1.09 bits per heavy atom. The molecule has 0 fully saturated rings. The van der Waals surface area contributed by atoms with Gasteiger partial charge in [0, 0.05) is 41.8 Å². The third-order valence-corrected chi connectivity index (χ3v) is 9.66. The Hall–Kier alpha value is -4.88. The molecule has 0 spiro atoms. The lowest BCUT2D eigenvalue weighted by molar-refractivity contribution is 0.480. The average Bonchev–Trinajstić information content (AvgIpc) is 3.01. The number of hydrogen-bond donors (Lipinski definition) is 6. The molecule has 47 heavy (non-hydrogen) atoms. The molecule has 0 amide bonds. The van der Waals surface area contributed by atoms with Crippen LogP contribution in [0, 0.1) is 13.8 Å². The summed E-state index contributed by atoms with van der Waals surface area (Å²) in [7, 11) is -8.76. The van der Waals surface area contributed by atoms with Gasteiger partial charge >= 0.3 is 0 Å². The predicted octanol–water partition coefficient (Wildman–Crippen LogP) is 6.37. The van der Waals surface area contributed by atoms with Crippen molar-refractivity contribution in [2.45, 2.75) is 42.6 Å². The second kappa shape index (κ2) is 13.5. The maximum atomic E-state index is 12.0. The summed E-state index contributed by atoms with van der Waals surface area (Å²) >= 11 is 0. The molecule has 5 aromatic rings. The van der Waals surface area contributed by atoms with E-state index < -0.39 is 26.2 Å². The molecule has 5 aromatic carbocycles. The fourth-order valence-corrected chi connectivity index (χ4v) is 6.94. The fraction of sp³-hybridized carbons (Fsp3) is 0.143. The molecule has 12 heteroatoms. The normalized spacial score (nSPS) is 12.4. The number of anilines is 4. The van der Waals surface area contributed by atoms with Crippen LogP contribution in [-0.4, -0.2) is 25.9 Å². The van der Waals surface area contributed by atoms with Crippen LogP contribution >= 0.6 is 0 Å². The van der Waals surface area contributed by atoms with E-state index in [4.69, 9.17) is 11.5 Å². The van der Waals surface area contributed by atoms with Gasteiger partial charge in [-0.3, -0.25) is 9.11 Å². The van der Waals surface area contributed by atoms with Crippen LogP contribution in [0.3, 0.4) is 0 Å². The standard InChI is InChI=1S/C35H36N4O6S2/c1-22-15-29(47(43,44)45)16-23(2)34(22)35(30-13-11-26(18-32(30)36)38-20-24-7-4-3-5-8-24)31-14-12-27(19-33(31)37)39-21-25-9-6-10-28(17-25)46(40,41)42/h3-19,35,38-39H,20-21,36-37H2,1-2H3,(H,40,41,42)(H,43,44,45). The summed E-state index contributed by atoms with van der Waals surface area (Å²) in [5.74, 6) is -0.492. The zero-order valence-electron chi connectivity index (χ0n) is 25.8. The van der Waals surface area contributed by atoms with Crippen LogP contribution < -0.4 is 22.1 Å². The molecule has 10 nitrogen and oxygen atoms in total. The number of nitrogen functional groups attached to an aromatic ring is 2. The number of benzene rings is 5. The second-order valence-electron chi connectivity index (χ2n) is 11.4. The van der Waals surface area contributed by atoms with Gasteiger partial charge in [-0.15, -0.1) is 0 Å². The molecule has 0 radical (unpaired) electrons. The molecular weight excluding hydrogens is 637 g/mol. The highest BCUT2D eigenvalue weighted by atomic mass is 32.2. The van der Waals surface area contributed by atoms with Gasteiger partial charge < -0.3 is 22.1 Å². The van der Waals surface area contributed by atoms with Crippen LogP contribution in [0.1, 0.15) is 44.9 Å². The SMILES string of the molecule is Cc1cc(S(=O)(=O)O)cc(C)c1C(c1ccc(NCc2ccccc2)cc1N)c1ccc(NCc2cccc(S(=O)(=O)O)c2)cc1N. The Bertz CT molecular complexity index is 2130. The number of aryl methyl sites for hydroxylation is 2. The fourth-order valence-electron chi connectivity index (χ4n) is 5.73. The monoisotopic (exact) mass is 672 g/mol. The summed E-state index contributed by atoms with van der Waals surface area (Å²) in [6.45, 7) is 4.44. The van der Waals surface area contributed by atoms with Gasteiger partial charge in [0.2, 0.25) is 0 Å². The van der Waals surface area contributed by atoms with E-state index in [0.29, 0.717) is 40.3 Å². The second-order valence-corrected chi connectivity index (χ2v) is 14.2. The lowest BCUT2D eigenvalue weighted by Crippen LogP contribution is -2.14. The lowest BCUT2D eigenvalue weighted by atomic mass is 9.79. The van der Waals surface area contributed by atoms with Crippen LogP contribution in [0.4, 0.5) is 22.7 Å². The van der Waals surface area contributed by atoms with Crippen molar-refractivity contribution in [2.75, 3.05) is 22.1 Å². The van der Waals surface area contributed by atoms with Gasteiger partial charge in [0.25, 0.3) is 20.2 Å². The average molecular weight is 673 g/mol. The molecule has 0 aliphatic rings. The third-order valence-electron chi connectivity index (χ3n) is 7.98. The van der Waals surface area contributed by atoms with Gasteiger partial charge in [-0.1, -0.05) is 54.6 Å². The first-order valence-corrected chi connectivity index (χ1v) is 17.5. The van der Waals surface area contributed by atoms with Crippen molar-refractivity contribution in [1.82, 2.24) is 0 Å². The van der Waals surface area contributed by atoms with Crippen molar-refractivity contribution in [3.8, 4) is 0 Å². The zero-order chi connectivity index (χ0) is 33.9. The summed E-state index contributed by atoms with van der Waals surface area (Å²) in [6.07, 6.45) is 0. The summed E-state index contributed by atoms with van der Waals surface area (Å²) in [6, 6.07) is 30.0. The maximum absolute atomic E-state index is 12.0. The number of nitrogens with one attached hydrogen (secondary N) is 2. The van der Waals surface area contributed by atoms with Gasteiger partial charge in [-0.05, 0) is 101 Å². The topological polar surface area (TPSA) is 185 Å². The number of hydrogen-bond acceptors (Lipinski definition) is 8. The Morgan fingerprint density at radius 1 is 0.596 bits per heavy atom. The van der Waals surface area contributed by atoms with E-state index in [1.807, 2.05) is 60.7 Å². The predicted molar refractivity (Wildman–Crippen MR) is 186 cm³/mol. The van der Waals surface area contributed by atoms with E-state index >= 15 is 0 Å². The van der Waals surface area contributed by atoms with E-state index in [1.54, 1.807) is 32.0 Å². The summed E-state index contributed by atoms with van der Waals surface area (Å²) < 4.78 is 66.2. The number of rotatable bonds is 11. The molecule has 5 rings (SSSR count). The summed E-state index contributed by atoms with van der Waals surface area (Å²) in [4.78, 5) is -0.395. The van der Waals surface area contributed by atoms with E-state index in [1.165, 1.54) is 24.3 Å². The van der Waals surface area contributed by atoms with Gasteiger partial charge in [-0.25, -0.2) is 0 Å². The maximum Gasteiger partial charge on any atom is 0.294 e. The Balaban J connectivity index is 1.52. The Kier molecular flexibility index (Phi) is 9.59. The highest BCUT2D eigenvalue weighted by Gasteiger charge is 2.26. The van der Waals surface area contributed by atoms with E-state index in [2.05, 4.69) is 10.6 Å². The zero-order valence-corrected chi connectivity index (χ0v) is 27.4. The van der Waals surface area contributed by atoms with Crippen LogP contribution in [0.25, 0.3) is 0 Å². The van der Waals surface area contributed by atoms with Crippen molar-refractivity contribution in [2.24, 2.45) is 0 Å². The largest absolute Gasteiger partial charge is 0.398 e. The molecule has 1 atom stereocenters. The first-order chi connectivity index (χ1) is 22.2. The molecule has 244 valence electrons.